The van der Waals surface area contributed by atoms with Crippen molar-refractivity contribution in [3.8, 4) is 11.1 Å². The van der Waals surface area contributed by atoms with E-state index in [0.29, 0.717) is 23.3 Å². The molecule has 252 valence electrons. The maximum atomic E-state index is 13.1. The number of aliphatic hydroxyl groups is 1. The molecular weight excluding hydrogens is 649 g/mol. The standard InChI is InChI=1S/C41H36N2O6S/c1-26(45)42-32-18-20-34(21-19-32)50-25-33-22-38(29-12-10-27(24-44)11-13-29)49-41(48-33)30-16-14-28(15-17-30)35-7-3-2-6-31(35)23-43-39(46)36-8-4-5-9-37(36)40(43)47/h2-21,33,38,41,44H,22-25H2,1H3,(H,42,45)/t33-,38+,41+/m0/s1. The summed E-state index contributed by atoms with van der Waals surface area (Å²) in [6, 6.07) is 38.4. The van der Waals surface area contributed by atoms with E-state index in [1.165, 1.54) is 11.8 Å². The Hall–Kier alpha value is -5.06. The number of carbonyl (C=O) groups excluding carboxylic acids is 3. The highest BCUT2D eigenvalue weighted by Crippen LogP contribution is 2.40. The number of hydrogen-bond donors (Lipinski definition) is 2. The second-order valence-electron chi connectivity index (χ2n) is 12.4. The number of hydrogen-bond acceptors (Lipinski definition) is 7. The maximum absolute atomic E-state index is 13.1. The van der Waals surface area contributed by atoms with Crippen molar-refractivity contribution in [3.63, 3.8) is 0 Å². The molecule has 0 bridgehead atoms. The fraction of sp³-hybridized carbons (Fsp3) is 0.195. The molecule has 2 N–H and O–H groups in total. The zero-order valence-corrected chi connectivity index (χ0v) is 28.3. The van der Waals surface area contributed by atoms with E-state index in [4.69, 9.17) is 9.47 Å². The summed E-state index contributed by atoms with van der Waals surface area (Å²) < 4.78 is 13.1. The van der Waals surface area contributed by atoms with Crippen LogP contribution in [0.25, 0.3) is 11.1 Å². The van der Waals surface area contributed by atoms with Gasteiger partial charge in [-0.05, 0) is 64.2 Å². The van der Waals surface area contributed by atoms with Gasteiger partial charge in [0.05, 0.1) is 36.5 Å². The number of aliphatic hydroxyl groups excluding tert-OH is 1. The number of fused-ring (bicyclic) bond motifs is 1. The second kappa shape index (κ2) is 14.8. The molecular formula is C41H36N2O6S. The minimum Gasteiger partial charge on any atom is -0.392 e. The highest BCUT2D eigenvalue weighted by Gasteiger charge is 2.36. The molecule has 9 heteroatoms. The Kier molecular flexibility index (Phi) is 9.91. The van der Waals surface area contributed by atoms with Crippen molar-refractivity contribution < 1.29 is 29.0 Å². The number of carbonyl (C=O) groups is 3. The van der Waals surface area contributed by atoms with Crippen LogP contribution in [0.1, 0.15) is 68.7 Å². The van der Waals surface area contributed by atoms with E-state index in [2.05, 4.69) is 5.32 Å². The SMILES string of the molecule is CC(=O)Nc1ccc(SC[C@@H]2C[C@H](c3ccc(CO)cc3)O[C@H](c3ccc(-c4ccccc4CN4C(=O)c5ccccc5C4=O)cc3)O2)cc1. The topological polar surface area (TPSA) is 105 Å². The number of imide groups is 1. The average Bonchev–Trinajstić information content (AvgIpc) is 3.39. The van der Waals surface area contributed by atoms with Crippen LogP contribution in [0.2, 0.25) is 0 Å². The molecule has 1 fully saturated rings. The largest absolute Gasteiger partial charge is 0.392 e. The summed E-state index contributed by atoms with van der Waals surface area (Å²) in [6.07, 6.45) is -0.276. The van der Waals surface area contributed by atoms with Crippen LogP contribution in [0.4, 0.5) is 5.69 Å². The molecule has 5 aromatic carbocycles. The van der Waals surface area contributed by atoms with Crippen molar-refractivity contribution in [2.75, 3.05) is 11.1 Å². The average molecular weight is 685 g/mol. The lowest BCUT2D eigenvalue weighted by molar-refractivity contribution is -0.245. The summed E-state index contributed by atoms with van der Waals surface area (Å²) in [6.45, 7) is 1.64. The lowest BCUT2D eigenvalue weighted by Crippen LogP contribution is -2.31. The third-order valence-corrected chi connectivity index (χ3v) is 10.1. The van der Waals surface area contributed by atoms with Crippen LogP contribution in [0.15, 0.2) is 126 Å². The zero-order valence-electron chi connectivity index (χ0n) is 27.5. The maximum Gasteiger partial charge on any atom is 0.261 e. The molecule has 2 aliphatic heterocycles. The number of nitrogens with one attached hydrogen (secondary N) is 1. The van der Waals surface area contributed by atoms with Gasteiger partial charge in [0.1, 0.15) is 0 Å². The number of anilines is 1. The van der Waals surface area contributed by atoms with E-state index in [1.807, 2.05) is 97.1 Å². The predicted molar refractivity (Wildman–Crippen MR) is 192 cm³/mol. The molecule has 2 heterocycles. The molecule has 0 radical (unpaired) electrons. The molecule has 0 unspecified atom stereocenters. The lowest BCUT2D eigenvalue weighted by atomic mass is 9.97. The third-order valence-electron chi connectivity index (χ3n) is 8.94. The van der Waals surface area contributed by atoms with Crippen molar-refractivity contribution in [1.82, 2.24) is 4.90 Å². The van der Waals surface area contributed by atoms with Gasteiger partial charge in [-0.3, -0.25) is 19.3 Å². The van der Waals surface area contributed by atoms with Gasteiger partial charge in [0, 0.05) is 35.2 Å². The van der Waals surface area contributed by atoms with Crippen molar-refractivity contribution in [2.24, 2.45) is 0 Å². The Bertz CT molecular complexity index is 1980. The minimum absolute atomic E-state index is 0.0225. The molecule has 0 spiro atoms. The van der Waals surface area contributed by atoms with Crippen LogP contribution in [0.5, 0.6) is 0 Å². The summed E-state index contributed by atoms with van der Waals surface area (Å²) in [5, 5.41) is 12.4. The smallest absolute Gasteiger partial charge is 0.261 e. The van der Waals surface area contributed by atoms with Gasteiger partial charge in [0.25, 0.3) is 11.8 Å². The Morgan fingerprint density at radius 1 is 0.780 bits per heavy atom. The minimum atomic E-state index is -0.610. The van der Waals surface area contributed by atoms with Crippen LogP contribution in [0.3, 0.4) is 0 Å². The van der Waals surface area contributed by atoms with Crippen molar-refractivity contribution in [3.05, 3.63) is 155 Å². The first-order chi connectivity index (χ1) is 24.4. The van der Waals surface area contributed by atoms with Gasteiger partial charge in [-0.1, -0.05) is 84.9 Å². The van der Waals surface area contributed by atoms with E-state index in [-0.39, 0.29) is 43.1 Å². The Labute approximate surface area is 295 Å². The number of ether oxygens (including phenoxy) is 2. The Balaban J connectivity index is 1.09. The molecule has 0 saturated carbocycles. The first kappa shape index (κ1) is 33.4. The lowest BCUT2D eigenvalue weighted by Gasteiger charge is -2.36. The van der Waals surface area contributed by atoms with Crippen LogP contribution < -0.4 is 5.32 Å². The number of nitrogens with zero attached hydrogens (tertiary/aromatic N) is 1. The highest BCUT2D eigenvalue weighted by molar-refractivity contribution is 7.99. The molecule has 3 amide bonds. The predicted octanol–water partition coefficient (Wildman–Crippen LogP) is 7.94. The first-order valence-corrected chi connectivity index (χ1v) is 17.5. The van der Waals surface area contributed by atoms with Gasteiger partial charge in [-0.25, -0.2) is 0 Å². The van der Waals surface area contributed by atoms with Crippen molar-refractivity contribution in [2.45, 2.75) is 49.9 Å². The molecule has 5 aromatic rings. The second-order valence-corrected chi connectivity index (χ2v) is 13.5. The zero-order chi connectivity index (χ0) is 34.6. The van der Waals surface area contributed by atoms with Crippen LogP contribution in [0, 0.1) is 0 Å². The molecule has 0 aromatic heterocycles. The summed E-state index contributed by atoms with van der Waals surface area (Å²) in [7, 11) is 0. The molecule has 7 rings (SSSR count). The summed E-state index contributed by atoms with van der Waals surface area (Å²) >= 11 is 1.69. The fourth-order valence-corrected chi connectivity index (χ4v) is 7.28. The number of benzene rings is 5. The molecule has 2 aliphatic rings. The van der Waals surface area contributed by atoms with Crippen molar-refractivity contribution in [1.29, 1.82) is 0 Å². The molecule has 3 atom stereocenters. The van der Waals surface area contributed by atoms with Crippen LogP contribution in [-0.4, -0.2) is 39.6 Å². The van der Waals surface area contributed by atoms with E-state index in [9.17, 15) is 19.5 Å². The van der Waals surface area contributed by atoms with E-state index < -0.39 is 6.29 Å². The van der Waals surface area contributed by atoms with Gasteiger partial charge >= 0.3 is 0 Å². The van der Waals surface area contributed by atoms with Gasteiger partial charge in [0.15, 0.2) is 6.29 Å². The first-order valence-electron chi connectivity index (χ1n) is 16.5. The number of rotatable bonds is 10. The van der Waals surface area contributed by atoms with Crippen LogP contribution in [-0.2, 0) is 27.4 Å². The Morgan fingerprint density at radius 3 is 2.04 bits per heavy atom. The van der Waals surface area contributed by atoms with E-state index in [0.717, 1.165) is 44.0 Å². The number of amides is 3. The highest BCUT2D eigenvalue weighted by atomic mass is 32.2. The monoisotopic (exact) mass is 684 g/mol. The third kappa shape index (κ3) is 7.27. The number of thioether (sulfide) groups is 1. The van der Waals surface area contributed by atoms with E-state index >= 15 is 0 Å². The molecule has 1 saturated heterocycles. The van der Waals surface area contributed by atoms with Gasteiger partial charge < -0.3 is 19.9 Å². The normalized spacial score (nSPS) is 18.6. The fourth-order valence-electron chi connectivity index (χ4n) is 6.36. The van der Waals surface area contributed by atoms with Crippen LogP contribution >= 0.6 is 11.8 Å². The Morgan fingerprint density at radius 2 is 1.40 bits per heavy atom. The summed E-state index contributed by atoms with van der Waals surface area (Å²) in [5.74, 6) is 0.0346. The molecule has 50 heavy (non-hydrogen) atoms. The van der Waals surface area contributed by atoms with Gasteiger partial charge in [-0.2, -0.15) is 0 Å². The summed E-state index contributed by atoms with van der Waals surface area (Å²) in [5.41, 5.74) is 7.10. The summed E-state index contributed by atoms with van der Waals surface area (Å²) in [4.78, 5) is 40.0. The van der Waals surface area contributed by atoms with Gasteiger partial charge in [0.2, 0.25) is 5.91 Å². The quantitative estimate of drug-likeness (QED) is 0.114. The van der Waals surface area contributed by atoms with Crippen molar-refractivity contribution >= 4 is 35.2 Å². The van der Waals surface area contributed by atoms with E-state index in [1.54, 1.807) is 36.0 Å². The molecule has 8 nitrogen and oxygen atoms in total. The molecule has 0 aliphatic carbocycles. The van der Waals surface area contributed by atoms with Gasteiger partial charge in [-0.15, -0.1) is 11.8 Å².